The van der Waals surface area contributed by atoms with E-state index in [0.29, 0.717) is 0 Å². The molecule has 0 saturated heterocycles. The number of halogens is 1. The monoisotopic (exact) mass is 452 g/mol. The Morgan fingerprint density at radius 2 is 1.97 bits per heavy atom. The van der Waals surface area contributed by atoms with Gasteiger partial charge in [-0.1, -0.05) is 40.2 Å². The minimum absolute atomic E-state index is 0.153. The Morgan fingerprint density at radius 3 is 2.76 bits per heavy atom. The second kappa shape index (κ2) is 9.84. The number of rotatable bonds is 7. The Kier molecular flexibility index (Phi) is 6.97. The molecule has 0 aliphatic heterocycles. The highest BCUT2D eigenvalue weighted by molar-refractivity contribution is 9.10. The Bertz CT molecular complexity index is 1030. The largest absolute Gasteiger partial charge is 0.352 e. The molecule has 148 valence electrons. The van der Waals surface area contributed by atoms with Crippen LogP contribution < -0.4 is 10.6 Å². The molecule has 1 aromatic heterocycles. The predicted octanol–water partition coefficient (Wildman–Crippen LogP) is 4.10. The zero-order chi connectivity index (χ0) is 20.6. The lowest BCUT2D eigenvalue weighted by molar-refractivity contribution is -0.117. The van der Waals surface area contributed by atoms with Crippen molar-refractivity contribution in [2.75, 3.05) is 11.9 Å². The minimum atomic E-state index is -0.260. The maximum Gasteiger partial charge on any atom is 0.244 e. The lowest BCUT2D eigenvalue weighted by Crippen LogP contribution is -2.26. The molecule has 6 nitrogen and oxygen atoms in total. The zero-order valence-corrected chi connectivity index (χ0v) is 17.5. The summed E-state index contributed by atoms with van der Waals surface area (Å²) in [5.74, 6) is -0.413. The van der Waals surface area contributed by atoms with Crippen molar-refractivity contribution >= 4 is 39.5 Å². The molecule has 0 unspecified atom stereocenters. The van der Waals surface area contributed by atoms with E-state index in [1.54, 1.807) is 17.0 Å². The number of nitrogens with zero attached hydrogens (tertiary/aromatic N) is 2. The van der Waals surface area contributed by atoms with Crippen LogP contribution in [0.25, 0.3) is 11.8 Å². The van der Waals surface area contributed by atoms with Gasteiger partial charge in [0.2, 0.25) is 11.8 Å². The van der Waals surface area contributed by atoms with Crippen molar-refractivity contribution in [3.8, 4) is 5.69 Å². The van der Waals surface area contributed by atoms with Gasteiger partial charge in [0, 0.05) is 41.0 Å². The molecule has 0 aliphatic carbocycles. The summed E-state index contributed by atoms with van der Waals surface area (Å²) in [6, 6.07) is 15.4. The second-order valence-electron chi connectivity index (χ2n) is 6.44. The molecule has 3 rings (SSSR count). The summed E-state index contributed by atoms with van der Waals surface area (Å²) in [4.78, 5) is 24.0. The Hall–Kier alpha value is -3.19. The molecule has 2 N–H and O–H groups in total. The quantitative estimate of drug-likeness (QED) is 0.529. The van der Waals surface area contributed by atoms with E-state index in [1.807, 2.05) is 61.7 Å². The highest BCUT2D eigenvalue weighted by Crippen LogP contribution is 2.20. The normalized spacial score (nSPS) is 10.8. The maximum absolute atomic E-state index is 12.1. The molecular weight excluding hydrogens is 432 g/mol. The molecule has 2 amide bonds. The van der Waals surface area contributed by atoms with Crippen LogP contribution in [0.4, 0.5) is 5.69 Å². The molecule has 2 aromatic carbocycles. The molecule has 0 atom stereocenters. The highest BCUT2D eigenvalue weighted by atomic mass is 79.9. The smallest absolute Gasteiger partial charge is 0.244 e. The van der Waals surface area contributed by atoms with E-state index in [0.717, 1.165) is 27.0 Å². The first-order valence-corrected chi connectivity index (χ1v) is 9.92. The van der Waals surface area contributed by atoms with Gasteiger partial charge in [0.1, 0.15) is 0 Å². The van der Waals surface area contributed by atoms with E-state index >= 15 is 0 Å². The number of carbonyl (C=O) groups excluding carboxylic acids is 2. The molecular formula is C22H21BrN4O2. The van der Waals surface area contributed by atoms with E-state index < -0.39 is 0 Å². The van der Waals surface area contributed by atoms with Crippen LogP contribution in [-0.4, -0.2) is 28.1 Å². The number of para-hydroxylation sites is 1. The Balaban J connectivity index is 1.44. The van der Waals surface area contributed by atoms with E-state index in [-0.39, 0.29) is 24.8 Å². The summed E-state index contributed by atoms with van der Waals surface area (Å²) in [5.41, 5.74) is 3.49. The van der Waals surface area contributed by atoms with E-state index in [2.05, 4.69) is 31.7 Å². The number of nitrogens with one attached hydrogen (secondary N) is 2. The van der Waals surface area contributed by atoms with Gasteiger partial charge in [0.05, 0.1) is 11.9 Å². The van der Waals surface area contributed by atoms with Gasteiger partial charge in [0.15, 0.2) is 0 Å². The molecule has 0 saturated carbocycles. The molecule has 0 aliphatic rings. The maximum atomic E-state index is 12.1. The molecule has 0 radical (unpaired) electrons. The average molecular weight is 453 g/mol. The summed E-state index contributed by atoms with van der Waals surface area (Å²) >= 11 is 3.39. The Morgan fingerprint density at radius 1 is 1.17 bits per heavy atom. The summed E-state index contributed by atoms with van der Waals surface area (Å²) in [6.07, 6.45) is 6.84. The first-order valence-electron chi connectivity index (χ1n) is 9.13. The van der Waals surface area contributed by atoms with Crippen molar-refractivity contribution in [3.05, 3.63) is 82.6 Å². The number of hydrogen-bond donors (Lipinski definition) is 2. The van der Waals surface area contributed by atoms with Crippen molar-refractivity contribution in [2.45, 2.75) is 13.3 Å². The number of carbonyl (C=O) groups is 2. The second-order valence-corrected chi connectivity index (χ2v) is 7.35. The minimum Gasteiger partial charge on any atom is -0.352 e. The van der Waals surface area contributed by atoms with Crippen molar-refractivity contribution < 1.29 is 9.59 Å². The van der Waals surface area contributed by atoms with Crippen LogP contribution in [0.15, 0.2) is 71.5 Å². The van der Waals surface area contributed by atoms with E-state index in [1.165, 1.54) is 6.08 Å². The molecule has 0 fully saturated rings. The number of benzene rings is 2. The first kappa shape index (κ1) is 20.5. The molecule has 3 aromatic rings. The van der Waals surface area contributed by atoms with Crippen LogP contribution in [0.3, 0.4) is 0 Å². The van der Waals surface area contributed by atoms with E-state index in [4.69, 9.17) is 0 Å². The number of amides is 2. The fourth-order valence-corrected chi connectivity index (χ4v) is 2.98. The number of aromatic nitrogens is 2. The topological polar surface area (TPSA) is 76.0 Å². The molecule has 0 bridgehead atoms. The highest BCUT2D eigenvalue weighted by Gasteiger charge is 2.06. The van der Waals surface area contributed by atoms with Gasteiger partial charge in [0.25, 0.3) is 0 Å². The first-order chi connectivity index (χ1) is 14.0. The Labute approximate surface area is 177 Å². The van der Waals surface area contributed by atoms with Gasteiger partial charge >= 0.3 is 0 Å². The van der Waals surface area contributed by atoms with Crippen LogP contribution in [0.2, 0.25) is 0 Å². The lowest BCUT2D eigenvalue weighted by Gasteiger charge is -2.09. The standard InChI is InChI=1S/C22H21BrN4O2/c1-16-7-9-18(23)13-20(16)26-22(29)11-12-24-21(28)10-8-17-14-25-27(15-17)19-5-3-2-4-6-19/h2-10,13-15H,11-12H2,1H3,(H,24,28)(H,26,29)/b10-8+. The summed E-state index contributed by atoms with van der Waals surface area (Å²) in [5, 5.41) is 9.84. The zero-order valence-electron chi connectivity index (χ0n) is 15.9. The van der Waals surface area contributed by atoms with Crippen LogP contribution in [0.1, 0.15) is 17.5 Å². The molecule has 0 spiro atoms. The number of aryl methyl sites for hydroxylation is 1. The van der Waals surface area contributed by atoms with Gasteiger partial charge in [-0.05, 0) is 42.8 Å². The summed E-state index contributed by atoms with van der Waals surface area (Å²) < 4.78 is 2.64. The van der Waals surface area contributed by atoms with Gasteiger partial charge in [-0.15, -0.1) is 0 Å². The number of hydrogen-bond acceptors (Lipinski definition) is 3. The van der Waals surface area contributed by atoms with Crippen molar-refractivity contribution in [1.29, 1.82) is 0 Å². The fraction of sp³-hybridized carbons (Fsp3) is 0.136. The van der Waals surface area contributed by atoms with Gasteiger partial charge in [-0.3, -0.25) is 9.59 Å². The third kappa shape index (κ3) is 6.15. The van der Waals surface area contributed by atoms with Crippen LogP contribution in [-0.2, 0) is 9.59 Å². The van der Waals surface area contributed by atoms with Crippen LogP contribution in [0, 0.1) is 6.92 Å². The SMILES string of the molecule is Cc1ccc(Br)cc1NC(=O)CCNC(=O)/C=C/c1cnn(-c2ccccc2)c1. The summed E-state index contributed by atoms with van der Waals surface area (Å²) in [7, 11) is 0. The molecule has 7 heteroatoms. The summed E-state index contributed by atoms with van der Waals surface area (Å²) in [6.45, 7) is 2.18. The van der Waals surface area contributed by atoms with Gasteiger partial charge in [-0.2, -0.15) is 5.10 Å². The fourth-order valence-electron chi connectivity index (χ4n) is 2.62. The van der Waals surface area contributed by atoms with Crippen molar-refractivity contribution in [3.63, 3.8) is 0 Å². The third-order valence-electron chi connectivity index (χ3n) is 4.18. The van der Waals surface area contributed by atoms with Crippen molar-refractivity contribution in [2.24, 2.45) is 0 Å². The molecule has 29 heavy (non-hydrogen) atoms. The van der Waals surface area contributed by atoms with Crippen LogP contribution in [0.5, 0.6) is 0 Å². The van der Waals surface area contributed by atoms with Gasteiger partial charge < -0.3 is 10.6 Å². The van der Waals surface area contributed by atoms with Crippen molar-refractivity contribution in [1.82, 2.24) is 15.1 Å². The van der Waals surface area contributed by atoms with E-state index in [9.17, 15) is 9.59 Å². The third-order valence-corrected chi connectivity index (χ3v) is 4.67. The number of anilines is 1. The predicted molar refractivity (Wildman–Crippen MR) is 118 cm³/mol. The molecule has 1 heterocycles. The average Bonchev–Trinajstić information content (AvgIpc) is 3.19. The lowest BCUT2D eigenvalue weighted by atomic mass is 10.2. The van der Waals surface area contributed by atoms with Gasteiger partial charge in [-0.25, -0.2) is 4.68 Å². The van der Waals surface area contributed by atoms with Crippen LogP contribution >= 0.6 is 15.9 Å².